The summed E-state index contributed by atoms with van der Waals surface area (Å²) in [7, 11) is 0. The van der Waals surface area contributed by atoms with Crippen LogP contribution in [0.3, 0.4) is 0 Å². The molecule has 2 rings (SSSR count). The molecule has 0 atom stereocenters. The molecule has 0 aliphatic rings. The fraction of sp³-hybridized carbons (Fsp3) is 0.533. The van der Waals surface area contributed by atoms with Crippen LogP contribution >= 0.6 is 0 Å². The Kier molecular flexibility index (Phi) is 14.9. The fourth-order valence-electron chi connectivity index (χ4n) is 4.23. The quantitative estimate of drug-likeness (QED) is 0.186. The largest absolute Gasteiger partial charge is 0.255 e. The van der Waals surface area contributed by atoms with E-state index in [0.29, 0.717) is 0 Å². The first-order valence-corrected chi connectivity index (χ1v) is 13.0. The maximum atomic E-state index is 5.03. The molecule has 184 valence electrons. The summed E-state index contributed by atoms with van der Waals surface area (Å²) in [5.74, 6) is 0. The van der Waals surface area contributed by atoms with Gasteiger partial charge in [-0.3, -0.25) is 9.98 Å². The number of aryl methyl sites for hydroxylation is 4. The monoisotopic (exact) mass is 490 g/mol. The molecule has 0 bridgehead atoms. The van der Waals surface area contributed by atoms with Crippen LogP contribution in [0.1, 0.15) is 102 Å². The maximum absolute atomic E-state index is 5.03. The van der Waals surface area contributed by atoms with Crippen LogP contribution in [0.2, 0.25) is 0 Å². The minimum absolute atomic E-state index is 0. The van der Waals surface area contributed by atoms with Crippen LogP contribution in [0.5, 0.6) is 0 Å². The van der Waals surface area contributed by atoms with Crippen molar-refractivity contribution in [1.82, 2.24) is 0 Å². The topological polar surface area (TPSA) is 24.7 Å². The second-order valence-electron chi connectivity index (χ2n) is 8.87. The van der Waals surface area contributed by atoms with Crippen molar-refractivity contribution >= 4 is 23.3 Å². The van der Waals surface area contributed by atoms with E-state index in [0.717, 1.165) is 62.0 Å². The number of hydrogen-bond donors (Lipinski definition) is 0. The molecule has 0 amide bonds. The molecule has 0 N–H and O–H groups in total. The van der Waals surface area contributed by atoms with Crippen molar-refractivity contribution in [3.63, 3.8) is 0 Å². The van der Waals surface area contributed by atoms with Crippen molar-refractivity contribution in [2.75, 3.05) is 0 Å². The van der Waals surface area contributed by atoms with Crippen molar-refractivity contribution in [2.24, 2.45) is 9.98 Å². The summed E-state index contributed by atoms with van der Waals surface area (Å²) in [5, 5.41) is 0. The van der Waals surface area contributed by atoms with Gasteiger partial charge in [-0.05, 0) is 85.0 Å². The first-order valence-electron chi connectivity index (χ1n) is 13.0. The van der Waals surface area contributed by atoms with Gasteiger partial charge in [0.1, 0.15) is 0 Å². The van der Waals surface area contributed by atoms with E-state index in [-0.39, 0.29) is 16.5 Å². The standard InChI is InChI=1S/C30H44N2.Ni/c1-6-11-16-30(32-29-20-18-25(13-8-3)27(22-29)15-10-5)23-31-28-19-17-24(12-7-2)26(21-28)14-9-4;/h17-23H,6-16H2,1-5H3;/b31-23+,32-30+;. The summed E-state index contributed by atoms with van der Waals surface area (Å²) in [6.45, 7) is 11.2. The molecule has 3 heteroatoms. The smallest absolute Gasteiger partial charge is 0.0636 e. The summed E-state index contributed by atoms with van der Waals surface area (Å²) in [5.41, 5.74) is 9.05. The zero-order valence-electron chi connectivity index (χ0n) is 21.5. The van der Waals surface area contributed by atoms with Crippen LogP contribution < -0.4 is 0 Å². The molecular weight excluding hydrogens is 447 g/mol. The van der Waals surface area contributed by atoms with Gasteiger partial charge in [-0.1, -0.05) is 78.9 Å². The summed E-state index contributed by atoms with van der Waals surface area (Å²) in [6, 6.07) is 13.5. The van der Waals surface area contributed by atoms with Crippen LogP contribution in [0, 0.1) is 0 Å². The summed E-state index contributed by atoms with van der Waals surface area (Å²) in [4.78, 5) is 9.88. The Hall–Kier alpha value is -1.73. The van der Waals surface area contributed by atoms with Crippen molar-refractivity contribution in [1.29, 1.82) is 0 Å². The molecule has 2 aromatic carbocycles. The summed E-state index contributed by atoms with van der Waals surface area (Å²) in [6.07, 6.45) is 14.5. The van der Waals surface area contributed by atoms with E-state index in [9.17, 15) is 0 Å². The molecule has 0 spiro atoms. The van der Waals surface area contributed by atoms with E-state index >= 15 is 0 Å². The van der Waals surface area contributed by atoms with Crippen molar-refractivity contribution < 1.29 is 16.5 Å². The van der Waals surface area contributed by atoms with Crippen LogP contribution in [0.4, 0.5) is 11.4 Å². The second kappa shape index (κ2) is 16.8. The van der Waals surface area contributed by atoms with Gasteiger partial charge in [-0.25, -0.2) is 0 Å². The van der Waals surface area contributed by atoms with Crippen molar-refractivity contribution in [3.05, 3.63) is 58.7 Å². The maximum Gasteiger partial charge on any atom is 0.0636 e. The second-order valence-corrected chi connectivity index (χ2v) is 8.87. The average Bonchev–Trinajstić information content (AvgIpc) is 2.79. The van der Waals surface area contributed by atoms with E-state index in [4.69, 9.17) is 9.98 Å². The molecule has 0 saturated heterocycles. The number of unbranched alkanes of at least 4 members (excludes halogenated alkanes) is 1. The molecule has 0 unspecified atom stereocenters. The predicted octanol–water partition coefficient (Wildman–Crippen LogP) is 9.16. The van der Waals surface area contributed by atoms with Gasteiger partial charge in [0.2, 0.25) is 0 Å². The zero-order chi connectivity index (χ0) is 23.2. The molecule has 0 fully saturated rings. The molecule has 33 heavy (non-hydrogen) atoms. The Morgan fingerprint density at radius 1 is 0.636 bits per heavy atom. The van der Waals surface area contributed by atoms with E-state index in [2.05, 4.69) is 71.0 Å². The Morgan fingerprint density at radius 3 is 1.64 bits per heavy atom. The van der Waals surface area contributed by atoms with Gasteiger partial charge < -0.3 is 0 Å². The fourth-order valence-corrected chi connectivity index (χ4v) is 4.23. The molecular formula is C30H44N2Ni. The molecule has 0 aliphatic carbocycles. The Balaban J connectivity index is 0.00000544. The van der Waals surface area contributed by atoms with Gasteiger partial charge in [0.05, 0.1) is 17.1 Å². The summed E-state index contributed by atoms with van der Waals surface area (Å²) < 4.78 is 0. The molecule has 0 heterocycles. The first-order chi connectivity index (χ1) is 15.6. The van der Waals surface area contributed by atoms with Gasteiger partial charge in [0.25, 0.3) is 0 Å². The van der Waals surface area contributed by atoms with Crippen LogP contribution in [-0.2, 0) is 42.2 Å². The number of benzene rings is 2. The zero-order valence-corrected chi connectivity index (χ0v) is 22.5. The number of nitrogens with zero attached hydrogens (tertiary/aromatic N) is 2. The van der Waals surface area contributed by atoms with Gasteiger partial charge in [0, 0.05) is 22.7 Å². The minimum Gasteiger partial charge on any atom is -0.255 e. The van der Waals surface area contributed by atoms with E-state index in [1.807, 2.05) is 6.21 Å². The molecule has 0 saturated carbocycles. The SMILES string of the molecule is CCCCC(/C=N/c1ccc(CCC)c(CCC)c1)=N\c1ccc(CCC)c(CCC)c1.[Ni]. The Labute approximate surface area is 213 Å². The van der Waals surface area contributed by atoms with Crippen LogP contribution in [-0.4, -0.2) is 11.9 Å². The molecule has 0 aliphatic heterocycles. The van der Waals surface area contributed by atoms with E-state index < -0.39 is 0 Å². The van der Waals surface area contributed by atoms with Gasteiger partial charge in [0.15, 0.2) is 0 Å². The summed E-state index contributed by atoms with van der Waals surface area (Å²) >= 11 is 0. The molecule has 2 aromatic rings. The van der Waals surface area contributed by atoms with Gasteiger partial charge in [-0.2, -0.15) is 0 Å². The van der Waals surface area contributed by atoms with Gasteiger partial charge in [-0.15, -0.1) is 0 Å². The first kappa shape index (κ1) is 29.3. The third-order valence-corrected chi connectivity index (χ3v) is 5.88. The average molecular weight is 491 g/mol. The Morgan fingerprint density at radius 2 is 1.12 bits per heavy atom. The predicted molar refractivity (Wildman–Crippen MR) is 144 cm³/mol. The Bertz CT molecular complexity index is 883. The molecule has 0 radical (unpaired) electrons. The molecule has 2 nitrogen and oxygen atoms in total. The van der Waals surface area contributed by atoms with Gasteiger partial charge >= 0.3 is 0 Å². The van der Waals surface area contributed by atoms with Crippen molar-refractivity contribution in [3.8, 4) is 0 Å². The third kappa shape index (κ3) is 9.97. The number of aliphatic imine (C=N–C) groups is 2. The van der Waals surface area contributed by atoms with Crippen molar-refractivity contribution in [2.45, 2.75) is 105 Å². The van der Waals surface area contributed by atoms with Crippen LogP contribution in [0.25, 0.3) is 0 Å². The van der Waals surface area contributed by atoms with Crippen LogP contribution in [0.15, 0.2) is 46.4 Å². The normalized spacial score (nSPS) is 11.7. The third-order valence-electron chi connectivity index (χ3n) is 5.88. The molecule has 0 aromatic heterocycles. The van der Waals surface area contributed by atoms with E-state index in [1.54, 1.807) is 0 Å². The number of hydrogen-bond acceptors (Lipinski definition) is 2. The van der Waals surface area contributed by atoms with E-state index in [1.165, 1.54) is 47.9 Å². The number of rotatable bonds is 14. The minimum atomic E-state index is 0.